The molecule has 0 radical (unpaired) electrons. The molecule has 0 saturated carbocycles. The summed E-state index contributed by atoms with van der Waals surface area (Å²) >= 11 is 0. The van der Waals surface area contributed by atoms with Crippen LogP contribution < -0.4 is 0 Å². The van der Waals surface area contributed by atoms with Crippen molar-refractivity contribution in [1.29, 1.82) is 0 Å². The minimum Gasteiger partial charge on any atom is -0.476 e. The summed E-state index contributed by atoms with van der Waals surface area (Å²) in [4.78, 5) is 11.3. The first-order valence-corrected chi connectivity index (χ1v) is 6.28. The Balaban J connectivity index is 1.94. The molecule has 3 aromatic heterocycles. The fourth-order valence-corrected chi connectivity index (χ4v) is 2.07. The summed E-state index contributed by atoms with van der Waals surface area (Å²) in [6.07, 6.45) is 6.84. The van der Waals surface area contributed by atoms with Crippen LogP contribution in [-0.2, 0) is 20.1 Å². The SMILES string of the molecule is Cn1cc(-c2c(C(=O)O)nnn2CCn2cccn2)cn1. The molecular weight excluding hydrogens is 274 g/mol. The molecule has 1 N–H and O–H groups in total. The third-order valence-electron chi connectivity index (χ3n) is 3.02. The van der Waals surface area contributed by atoms with Gasteiger partial charge in [0.2, 0.25) is 0 Å². The zero-order chi connectivity index (χ0) is 14.8. The van der Waals surface area contributed by atoms with Gasteiger partial charge in [-0.05, 0) is 6.07 Å². The highest BCUT2D eigenvalue weighted by Crippen LogP contribution is 2.21. The summed E-state index contributed by atoms with van der Waals surface area (Å²) in [6, 6.07) is 1.83. The number of nitrogens with zero attached hydrogens (tertiary/aromatic N) is 7. The molecule has 0 aromatic carbocycles. The summed E-state index contributed by atoms with van der Waals surface area (Å²) in [5.74, 6) is -1.11. The molecule has 0 aliphatic heterocycles. The summed E-state index contributed by atoms with van der Waals surface area (Å²) in [5.41, 5.74) is 1.03. The van der Waals surface area contributed by atoms with Gasteiger partial charge in [0.15, 0.2) is 5.69 Å². The van der Waals surface area contributed by atoms with Crippen molar-refractivity contribution in [3.8, 4) is 11.3 Å². The van der Waals surface area contributed by atoms with Gasteiger partial charge in [-0.25, -0.2) is 9.48 Å². The number of carboxylic acid groups (broad SMARTS) is 1. The van der Waals surface area contributed by atoms with Gasteiger partial charge in [0.25, 0.3) is 0 Å². The van der Waals surface area contributed by atoms with Crippen molar-refractivity contribution in [3.05, 3.63) is 36.5 Å². The van der Waals surface area contributed by atoms with Crippen molar-refractivity contribution >= 4 is 5.97 Å². The van der Waals surface area contributed by atoms with Crippen molar-refractivity contribution in [1.82, 2.24) is 34.6 Å². The molecule has 9 heteroatoms. The number of aryl methyl sites for hydroxylation is 3. The van der Waals surface area contributed by atoms with E-state index in [2.05, 4.69) is 20.5 Å². The molecule has 9 nitrogen and oxygen atoms in total. The number of aromatic nitrogens is 7. The van der Waals surface area contributed by atoms with Crippen LogP contribution in [0.4, 0.5) is 0 Å². The molecule has 0 bridgehead atoms. The fraction of sp³-hybridized carbons (Fsp3) is 0.250. The van der Waals surface area contributed by atoms with E-state index in [1.165, 1.54) is 0 Å². The predicted molar refractivity (Wildman–Crippen MR) is 71.4 cm³/mol. The quantitative estimate of drug-likeness (QED) is 0.722. The fourth-order valence-electron chi connectivity index (χ4n) is 2.07. The first kappa shape index (κ1) is 13.0. The molecular formula is C12H13N7O2. The Morgan fingerprint density at radius 2 is 2.19 bits per heavy atom. The van der Waals surface area contributed by atoms with Crippen molar-refractivity contribution < 1.29 is 9.90 Å². The lowest BCUT2D eigenvalue weighted by Gasteiger charge is -2.05. The standard InChI is InChI=1S/C12H13N7O2/c1-17-8-9(7-14-17)11-10(12(20)21)15-16-19(11)6-5-18-4-2-3-13-18/h2-4,7-8H,5-6H2,1H3,(H,20,21). The van der Waals surface area contributed by atoms with E-state index in [-0.39, 0.29) is 5.69 Å². The van der Waals surface area contributed by atoms with E-state index >= 15 is 0 Å². The lowest BCUT2D eigenvalue weighted by atomic mass is 10.2. The van der Waals surface area contributed by atoms with Crippen molar-refractivity contribution in [2.75, 3.05) is 0 Å². The number of carbonyl (C=O) groups is 1. The minimum atomic E-state index is -1.11. The average molecular weight is 287 g/mol. The zero-order valence-corrected chi connectivity index (χ0v) is 11.3. The van der Waals surface area contributed by atoms with Crippen LogP contribution in [0.2, 0.25) is 0 Å². The van der Waals surface area contributed by atoms with E-state index in [4.69, 9.17) is 0 Å². The second kappa shape index (κ2) is 5.19. The van der Waals surface area contributed by atoms with E-state index < -0.39 is 5.97 Å². The van der Waals surface area contributed by atoms with E-state index in [1.54, 1.807) is 39.7 Å². The van der Waals surface area contributed by atoms with E-state index in [0.29, 0.717) is 24.3 Å². The number of carboxylic acids is 1. The molecule has 0 unspecified atom stereocenters. The maximum atomic E-state index is 11.3. The Kier molecular flexibility index (Phi) is 3.22. The van der Waals surface area contributed by atoms with Crippen LogP contribution in [-0.4, -0.2) is 45.6 Å². The van der Waals surface area contributed by atoms with E-state index in [0.717, 1.165) is 0 Å². The van der Waals surface area contributed by atoms with Gasteiger partial charge >= 0.3 is 5.97 Å². The molecule has 0 fully saturated rings. The van der Waals surface area contributed by atoms with Crippen molar-refractivity contribution in [3.63, 3.8) is 0 Å². The lowest BCUT2D eigenvalue weighted by molar-refractivity contribution is 0.0691. The van der Waals surface area contributed by atoms with Gasteiger partial charge in [0.05, 0.1) is 19.3 Å². The van der Waals surface area contributed by atoms with Crippen LogP contribution in [0, 0.1) is 0 Å². The van der Waals surface area contributed by atoms with Gasteiger partial charge < -0.3 is 5.11 Å². The van der Waals surface area contributed by atoms with Gasteiger partial charge in [-0.15, -0.1) is 5.10 Å². The van der Waals surface area contributed by atoms with Gasteiger partial charge in [-0.1, -0.05) is 5.21 Å². The van der Waals surface area contributed by atoms with Gasteiger partial charge in [0, 0.05) is 31.2 Å². The minimum absolute atomic E-state index is 0.0801. The highest BCUT2D eigenvalue weighted by Gasteiger charge is 2.21. The number of hydrogen-bond donors (Lipinski definition) is 1. The lowest BCUT2D eigenvalue weighted by Crippen LogP contribution is -2.11. The number of hydrogen-bond acceptors (Lipinski definition) is 5. The topological polar surface area (TPSA) is 104 Å². The van der Waals surface area contributed by atoms with Gasteiger partial charge in [-0.3, -0.25) is 9.36 Å². The molecule has 0 saturated heterocycles. The molecule has 3 rings (SSSR count). The molecule has 3 heterocycles. The van der Waals surface area contributed by atoms with Crippen molar-refractivity contribution in [2.45, 2.75) is 13.1 Å². The Bertz CT molecular complexity index is 757. The van der Waals surface area contributed by atoms with Crippen molar-refractivity contribution in [2.24, 2.45) is 7.05 Å². The van der Waals surface area contributed by atoms with E-state index in [1.807, 2.05) is 12.3 Å². The number of rotatable bonds is 5. The second-order valence-corrected chi connectivity index (χ2v) is 4.49. The highest BCUT2D eigenvalue weighted by molar-refractivity contribution is 5.92. The van der Waals surface area contributed by atoms with Crippen LogP contribution in [0.3, 0.4) is 0 Å². The summed E-state index contributed by atoms with van der Waals surface area (Å²) < 4.78 is 4.91. The van der Waals surface area contributed by atoms with E-state index in [9.17, 15) is 9.90 Å². The Morgan fingerprint density at radius 1 is 1.33 bits per heavy atom. The molecule has 0 aliphatic rings. The molecule has 21 heavy (non-hydrogen) atoms. The smallest absolute Gasteiger partial charge is 0.358 e. The summed E-state index contributed by atoms with van der Waals surface area (Å²) in [7, 11) is 1.77. The largest absolute Gasteiger partial charge is 0.476 e. The molecule has 0 aliphatic carbocycles. The first-order valence-electron chi connectivity index (χ1n) is 6.28. The average Bonchev–Trinajstić information content (AvgIpc) is 3.15. The van der Waals surface area contributed by atoms with Crippen LogP contribution in [0.1, 0.15) is 10.5 Å². The third-order valence-corrected chi connectivity index (χ3v) is 3.02. The maximum Gasteiger partial charge on any atom is 0.358 e. The van der Waals surface area contributed by atoms with Gasteiger partial charge in [0.1, 0.15) is 5.69 Å². The maximum absolute atomic E-state index is 11.3. The molecule has 0 amide bonds. The molecule has 0 atom stereocenters. The molecule has 0 spiro atoms. The van der Waals surface area contributed by atoms with Crippen LogP contribution in [0.5, 0.6) is 0 Å². The normalized spacial score (nSPS) is 10.9. The highest BCUT2D eigenvalue weighted by atomic mass is 16.4. The zero-order valence-electron chi connectivity index (χ0n) is 11.3. The third kappa shape index (κ3) is 2.53. The predicted octanol–water partition coefficient (Wildman–Crippen LogP) is 0.273. The second-order valence-electron chi connectivity index (χ2n) is 4.49. The van der Waals surface area contributed by atoms with Gasteiger partial charge in [-0.2, -0.15) is 10.2 Å². The monoisotopic (exact) mass is 287 g/mol. The first-order chi connectivity index (χ1) is 10.1. The van der Waals surface area contributed by atoms with Crippen LogP contribution in [0.25, 0.3) is 11.3 Å². The Morgan fingerprint density at radius 3 is 2.81 bits per heavy atom. The summed E-state index contributed by atoms with van der Waals surface area (Å²) in [6.45, 7) is 1.04. The van der Waals surface area contributed by atoms with Crippen LogP contribution >= 0.6 is 0 Å². The molecule has 108 valence electrons. The molecule has 3 aromatic rings. The number of aromatic carboxylic acids is 1. The van der Waals surface area contributed by atoms with Crippen LogP contribution in [0.15, 0.2) is 30.9 Å². The summed E-state index contributed by atoms with van der Waals surface area (Å²) in [5, 5.41) is 25.1. The Labute approximate surface area is 119 Å². The Hall–Kier alpha value is -2.97.